The number of aromatic nitrogens is 1. The third-order valence-electron chi connectivity index (χ3n) is 3.70. The molecule has 1 saturated heterocycles. The number of carbonyl (C=O) groups excluding carboxylic acids is 1. The normalized spacial score (nSPS) is 19.1. The van der Waals surface area contributed by atoms with Crippen LogP contribution in [0.1, 0.15) is 23.7 Å². The van der Waals surface area contributed by atoms with Crippen molar-refractivity contribution in [2.45, 2.75) is 13.3 Å². The first-order valence-electron chi connectivity index (χ1n) is 6.98. The van der Waals surface area contributed by atoms with Crippen LogP contribution in [0.2, 0.25) is 0 Å². The van der Waals surface area contributed by atoms with Crippen molar-refractivity contribution >= 4 is 27.7 Å². The zero-order chi connectivity index (χ0) is 14.5. The van der Waals surface area contributed by atoms with Crippen molar-refractivity contribution in [3.05, 3.63) is 22.3 Å². The predicted molar refractivity (Wildman–Crippen MR) is 84.0 cm³/mol. The van der Waals surface area contributed by atoms with E-state index < -0.39 is 0 Å². The van der Waals surface area contributed by atoms with E-state index >= 15 is 0 Å². The van der Waals surface area contributed by atoms with Gasteiger partial charge in [0.1, 0.15) is 5.82 Å². The van der Waals surface area contributed by atoms with Gasteiger partial charge in [-0.3, -0.25) is 4.79 Å². The number of nitrogens with one attached hydrogen (secondary N) is 2. The molecule has 0 aromatic carbocycles. The van der Waals surface area contributed by atoms with E-state index in [9.17, 15) is 4.79 Å². The van der Waals surface area contributed by atoms with Crippen molar-refractivity contribution in [1.29, 1.82) is 0 Å². The average Bonchev–Trinajstić information content (AvgIpc) is 2.92. The molecule has 1 atom stereocenters. The van der Waals surface area contributed by atoms with Crippen LogP contribution in [0.25, 0.3) is 0 Å². The predicted octanol–water partition coefficient (Wildman–Crippen LogP) is 1.96. The van der Waals surface area contributed by atoms with Gasteiger partial charge in [0.05, 0.1) is 5.56 Å². The number of hydrogen-bond donors (Lipinski definition) is 2. The first kappa shape index (κ1) is 15.3. The molecule has 2 rings (SSSR count). The minimum Gasteiger partial charge on any atom is -0.372 e. The molecule has 6 heteroatoms. The molecule has 2 N–H and O–H groups in total. The Morgan fingerprint density at radius 2 is 2.40 bits per heavy atom. The van der Waals surface area contributed by atoms with Crippen molar-refractivity contribution < 1.29 is 4.79 Å². The molecule has 1 aromatic rings. The fourth-order valence-electron chi connectivity index (χ4n) is 2.51. The maximum atomic E-state index is 12.3. The van der Waals surface area contributed by atoms with Gasteiger partial charge in [-0.1, -0.05) is 6.92 Å². The van der Waals surface area contributed by atoms with Gasteiger partial charge in [0.25, 0.3) is 5.91 Å². The van der Waals surface area contributed by atoms with E-state index in [1.165, 1.54) is 0 Å². The summed E-state index contributed by atoms with van der Waals surface area (Å²) in [7, 11) is 1.77. The molecule has 1 aromatic heterocycles. The molecule has 0 aliphatic carbocycles. The lowest BCUT2D eigenvalue weighted by atomic mass is 10.1. The lowest BCUT2D eigenvalue weighted by Crippen LogP contribution is -2.31. The van der Waals surface area contributed by atoms with Gasteiger partial charge >= 0.3 is 0 Å². The van der Waals surface area contributed by atoms with Crippen molar-refractivity contribution in [3.63, 3.8) is 0 Å². The fourth-order valence-corrected chi connectivity index (χ4v) is 2.84. The highest BCUT2D eigenvalue weighted by Gasteiger charge is 2.22. The quantitative estimate of drug-likeness (QED) is 0.860. The Bertz CT molecular complexity index is 480. The second-order valence-corrected chi connectivity index (χ2v) is 5.97. The molecule has 5 nitrogen and oxygen atoms in total. The number of pyridine rings is 1. The van der Waals surface area contributed by atoms with E-state index in [1.54, 1.807) is 19.3 Å². The van der Waals surface area contributed by atoms with Crippen molar-refractivity contribution in [1.82, 2.24) is 15.2 Å². The molecule has 0 saturated carbocycles. The molecular weight excluding hydrogens is 320 g/mol. The maximum absolute atomic E-state index is 12.3. The third-order valence-corrected chi connectivity index (χ3v) is 4.14. The Balaban J connectivity index is 1.93. The van der Waals surface area contributed by atoms with Gasteiger partial charge in [-0.25, -0.2) is 4.98 Å². The highest BCUT2D eigenvalue weighted by molar-refractivity contribution is 9.10. The SMILES string of the molecule is CCN1CCC(CNC(=O)c2cc(Br)cnc2NC)C1. The van der Waals surface area contributed by atoms with Crippen molar-refractivity contribution in [3.8, 4) is 0 Å². The molecule has 0 spiro atoms. The Morgan fingerprint density at radius 1 is 1.60 bits per heavy atom. The topological polar surface area (TPSA) is 57.3 Å². The summed E-state index contributed by atoms with van der Waals surface area (Å²) in [6, 6.07) is 1.79. The van der Waals surface area contributed by atoms with E-state index in [0.717, 1.165) is 37.1 Å². The fraction of sp³-hybridized carbons (Fsp3) is 0.571. The van der Waals surface area contributed by atoms with E-state index in [1.807, 2.05) is 0 Å². The van der Waals surface area contributed by atoms with Gasteiger partial charge in [0.15, 0.2) is 0 Å². The van der Waals surface area contributed by atoms with Crippen molar-refractivity contribution in [2.24, 2.45) is 5.92 Å². The molecule has 110 valence electrons. The Morgan fingerprint density at radius 3 is 3.05 bits per heavy atom. The zero-order valence-electron chi connectivity index (χ0n) is 11.9. The highest BCUT2D eigenvalue weighted by atomic mass is 79.9. The molecule has 2 heterocycles. The summed E-state index contributed by atoms with van der Waals surface area (Å²) in [4.78, 5) is 18.9. The highest BCUT2D eigenvalue weighted by Crippen LogP contribution is 2.18. The Kier molecular flexibility index (Phi) is 5.37. The first-order valence-corrected chi connectivity index (χ1v) is 7.77. The van der Waals surface area contributed by atoms with E-state index in [2.05, 4.69) is 43.4 Å². The van der Waals surface area contributed by atoms with Gasteiger partial charge in [-0.05, 0) is 47.4 Å². The van der Waals surface area contributed by atoms with Gasteiger partial charge in [-0.15, -0.1) is 0 Å². The number of rotatable bonds is 5. The summed E-state index contributed by atoms with van der Waals surface area (Å²) in [5, 5.41) is 5.97. The number of halogens is 1. The summed E-state index contributed by atoms with van der Waals surface area (Å²) < 4.78 is 0.805. The minimum atomic E-state index is -0.0712. The smallest absolute Gasteiger partial charge is 0.255 e. The molecule has 1 fully saturated rings. The molecule has 0 radical (unpaired) electrons. The molecule has 1 unspecified atom stereocenters. The van der Waals surface area contributed by atoms with Crippen LogP contribution in [0.5, 0.6) is 0 Å². The summed E-state index contributed by atoms with van der Waals surface area (Å²) in [5.41, 5.74) is 0.576. The number of carbonyl (C=O) groups is 1. The van der Waals surface area contributed by atoms with Gasteiger partial charge in [0, 0.05) is 30.8 Å². The van der Waals surface area contributed by atoms with Gasteiger partial charge < -0.3 is 15.5 Å². The van der Waals surface area contributed by atoms with Crippen LogP contribution in [0.15, 0.2) is 16.7 Å². The Labute approximate surface area is 128 Å². The van der Waals surface area contributed by atoms with Gasteiger partial charge in [-0.2, -0.15) is 0 Å². The largest absolute Gasteiger partial charge is 0.372 e. The van der Waals surface area contributed by atoms with Crippen LogP contribution in [0, 0.1) is 5.92 Å². The lowest BCUT2D eigenvalue weighted by molar-refractivity contribution is 0.0948. The summed E-state index contributed by atoms with van der Waals surface area (Å²) >= 11 is 3.35. The summed E-state index contributed by atoms with van der Waals surface area (Å²) in [6.07, 6.45) is 2.84. The van der Waals surface area contributed by atoms with Crippen LogP contribution in [-0.4, -0.2) is 49.0 Å². The number of hydrogen-bond acceptors (Lipinski definition) is 4. The van der Waals surface area contributed by atoms with Crippen LogP contribution >= 0.6 is 15.9 Å². The maximum Gasteiger partial charge on any atom is 0.255 e. The molecule has 20 heavy (non-hydrogen) atoms. The number of amides is 1. The van der Waals surface area contributed by atoms with E-state index in [4.69, 9.17) is 0 Å². The van der Waals surface area contributed by atoms with Crippen LogP contribution in [0.4, 0.5) is 5.82 Å². The molecule has 1 aliphatic heterocycles. The number of likely N-dealkylation sites (tertiary alicyclic amines) is 1. The average molecular weight is 341 g/mol. The standard InChI is InChI=1S/C14H21BrN4O/c1-3-19-5-4-10(9-19)7-18-14(20)12-6-11(15)8-17-13(12)16-2/h6,8,10H,3-5,7,9H2,1-2H3,(H,16,17)(H,18,20). The third kappa shape index (κ3) is 3.70. The molecule has 0 bridgehead atoms. The lowest BCUT2D eigenvalue weighted by Gasteiger charge is -2.14. The minimum absolute atomic E-state index is 0.0712. The summed E-state index contributed by atoms with van der Waals surface area (Å²) in [5.74, 6) is 1.09. The number of nitrogens with zero attached hydrogens (tertiary/aromatic N) is 2. The molecule has 1 aliphatic rings. The van der Waals surface area contributed by atoms with Crippen LogP contribution in [0.3, 0.4) is 0 Å². The Hall–Kier alpha value is -1.14. The van der Waals surface area contributed by atoms with E-state index in [0.29, 0.717) is 17.3 Å². The monoisotopic (exact) mass is 340 g/mol. The molecule has 1 amide bonds. The van der Waals surface area contributed by atoms with Gasteiger partial charge in [0.2, 0.25) is 0 Å². The number of anilines is 1. The summed E-state index contributed by atoms with van der Waals surface area (Å²) in [6.45, 7) is 6.20. The first-order chi connectivity index (χ1) is 9.63. The van der Waals surface area contributed by atoms with E-state index in [-0.39, 0.29) is 5.91 Å². The van der Waals surface area contributed by atoms with Crippen LogP contribution < -0.4 is 10.6 Å². The second kappa shape index (κ2) is 7.04. The zero-order valence-corrected chi connectivity index (χ0v) is 13.5. The molecular formula is C14H21BrN4O. The van der Waals surface area contributed by atoms with Crippen molar-refractivity contribution in [2.75, 3.05) is 38.5 Å². The van der Waals surface area contributed by atoms with Crippen LogP contribution in [-0.2, 0) is 0 Å². The second-order valence-electron chi connectivity index (χ2n) is 5.06.